The lowest BCUT2D eigenvalue weighted by Gasteiger charge is -2.34. The fraction of sp³-hybridized carbons (Fsp3) is 0.522. The van der Waals surface area contributed by atoms with E-state index < -0.39 is 0 Å². The van der Waals surface area contributed by atoms with Gasteiger partial charge in [0.2, 0.25) is 11.8 Å². The highest BCUT2D eigenvalue weighted by Gasteiger charge is 2.21. The third kappa shape index (κ3) is 6.16. The number of hydrogen-bond acceptors (Lipinski definition) is 4. The zero-order valence-electron chi connectivity index (χ0n) is 17.9. The Labute approximate surface area is 177 Å². The maximum absolute atomic E-state index is 12.4. The van der Waals surface area contributed by atoms with Crippen LogP contribution < -0.4 is 16.2 Å². The molecule has 162 valence electrons. The molecular weight excluding hydrogens is 380 g/mol. The molecule has 0 unspecified atom stereocenters. The standard InChI is InChI=1S/C23H32N4O3/c1-17-12-18(2)15-26(14-17)10-5-9-24-21(28)13-25-22(29)16-27-11-8-19-6-3-4-7-20(19)23(27)30/h3-4,6-8,11,17-18H,5,9-10,12-16H2,1-2H3,(H,24,28)(H,25,29)/t17-,18-/m1/s1. The van der Waals surface area contributed by atoms with E-state index in [0.29, 0.717) is 11.9 Å². The topological polar surface area (TPSA) is 83.4 Å². The number of nitrogens with zero attached hydrogens (tertiary/aromatic N) is 2. The molecule has 2 atom stereocenters. The summed E-state index contributed by atoms with van der Waals surface area (Å²) < 4.78 is 1.36. The number of carbonyl (C=O) groups excluding carboxylic acids is 2. The van der Waals surface area contributed by atoms with Crippen molar-refractivity contribution in [3.05, 3.63) is 46.9 Å². The Bertz CT molecular complexity index is 929. The van der Waals surface area contributed by atoms with Gasteiger partial charge in [-0.15, -0.1) is 0 Å². The third-order valence-corrected chi connectivity index (χ3v) is 5.56. The quantitative estimate of drug-likeness (QED) is 0.645. The minimum atomic E-state index is -0.362. The van der Waals surface area contributed by atoms with Gasteiger partial charge in [0.1, 0.15) is 6.54 Å². The minimum Gasteiger partial charge on any atom is -0.355 e. The van der Waals surface area contributed by atoms with Crippen molar-refractivity contribution < 1.29 is 9.59 Å². The summed E-state index contributed by atoms with van der Waals surface area (Å²) in [5, 5.41) is 6.85. The Morgan fingerprint density at radius 1 is 1.03 bits per heavy atom. The number of pyridine rings is 1. The molecule has 1 aromatic carbocycles. The van der Waals surface area contributed by atoms with Crippen molar-refractivity contribution in [3.63, 3.8) is 0 Å². The SMILES string of the molecule is C[C@@H]1C[C@@H](C)CN(CCCNC(=O)CNC(=O)Cn2ccc3ccccc3c2=O)C1. The monoisotopic (exact) mass is 412 g/mol. The number of rotatable bonds is 8. The van der Waals surface area contributed by atoms with Gasteiger partial charge in [-0.05, 0) is 48.7 Å². The number of piperidine rings is 1. The molecule has 0 bridgehead atoms. The number of benzene rings is 1. The van der Waals surface area contributed by atoms with E-state index in [9.17, 15) is 14.4 Å². The Kier molecular flexibility index (Phi) is 7.63. The maximum Gasteiger partial charge on any atom is 0.258 e. The molecule has 2 N–H and O–H groups in total. The summed E-state index contributed by atoms with van der Waals surface area (Å²) in [5.41, 5.74) is -0.214. The van der Waals surface area contributed by atoms with Gasteiger partial charge >= 0.3 is 0 Å². The average molecular weight is 413 g/mol. The maximum atomic E-state index is 12.4. The van der Waals surface area contributed by atoms with Crippen molar-refractivity contribution in [3.8, 4) is 0 Å². The summed E-state index contributed by atoms with van der Waals surface area (Å²) in [6.45, 7) is 8.22. The Morgan fingerprint density at radius 2 is 1.77 bits per heavy atom. The molecule has 1 fully saturated rings. The van der Waals surface area contributed by atoms with E-state index in [2.05, 4.69) is 29.4 Å². The summed E-state index contributed by atoms with van der Waals surface area (Å²) in [6.07, 6.45) is 3.79. The first-order valence-corrected chi connectivity index (χ1v) is 10.8. The Balaban J connectivity index is 1.36. The lowest BCUT2D eigenvalue weighted by atomic mass is 9.92. The van der Waals surface area contributed by atoms with Gasteiger partial charge in [-0.1, -0.05) is 32.0 Å². The van der Waals surface area contributed by atoms with Crippen molar-refractivity contribution in [2.24, 2.45) is 11.8 Å². The third-order valence-electron chi connectivity index (χ3n) is 5.56. The van der Waals surface area contributed by atoms with E-state index in [0.717, 1.165) is 43.3 Å². The van der Waals surface area contributed by atoms with E-state index in [4.69, 9.17) is 0 Å². The predicted molar refractivity (Wildman–Crippen MR) is 118 cm³/mol. The molecule has 7 nitrogen and oxygen atoms in total. The van der Waals surface area contributed by atoms with Crippen molar-refractivity contribution in [2.45, 2.75) is 33.2 Å². The molecule has 1 aliphatic heterocycles. The van der Waals surface area contributed by atoms with Crippen LogP contribution in [0.3, 0.4) is 0 Å². The van der Waals surface area contributed by atoms with Crippen LogP contribution in [0.4, 0.5) is 0 Å². The van der Waals surface area contributed by atoms with Crippen molar-refractivity contribution in [1.82, 2.24) is 20.1 Å². The van der Waals surface area contributed by atoms with Gasteiger partial charge in [0.25, 0.3) is 5.56 Å². The summed E-state index contributed by atoms with van der Waals surface area (Å²) >= 11 is 0. The second-order valence-electron chi connectivity index (χ2n) is 8.52. The van der Waals surface area contributed by atoms with E-state index in [1.807, 2.05) is 12.1 Å². The number of amides is 2. The summed E-state index contributed by atoms with van der Waals surface area (Å²) in [7, 11) is 0. The number of carbonyl (C=O) groups is 2. The Morgan fingerprint density at radius 3 is 2.53 bits per heavy atom. The highest BCUT2D eigenvalue weighted by molar-refractivity contribution is 5.85. The Hall–Kier alpha value is -2.67. The van der Waals surface area contributed by atoms with Crippen molar-refractivity contribution in [1.29, 1.82) is 0 Å². The van der Waals surface area contributed by atoms with Crippen LogP contribution in [0.5, 0.6) is 0 Å². The number of fused-ring (bicyclic) bond motifs is 1. The minimum absolute atomic E-state index is 0.0844. The molecule has 2 aromatic rings. The molecule has 2 amide bonds. The number of aromatic nitrogens is 1. The molecule has 1 saturated heterocycles. The van der Waals surface area contributed by atoms with Crippen LogP contribution in [0, 0.1) is 11.8 Å². The van der Waals surface area contributed by atoms with Gasteiger partial charge in [-0.3, -0.25) is 14.4 Å². The lowest BCUT2D eigenvalue weighted by Crippen LogP contribution is -2.41. The summed E-state index contributed by atoms with van der Waals surface area (Å²) in [5.74, 6) is 0.885. The van der Waals surface area contributed by atoms with Crippen molar-refractivity contribution in [2.75, 3.05) is 32.7 Å². The van der Waals surface area contributed by atoms with E-state index in [-0.39, 0.29) is 30.5 Å². The number of hydrogen-bond donors (Lipinski definition) is 2. The largest absolute Gasteiger partial charge is 0.355 e. The van der Waals surface area contributed by atoms with Gasteiger partial charge in [0.05, 0.1) is 6.54 Å². The number of likely N-dealkylation sites (tertiary alicyclic amines) is 1. The van der Waals surface area contributed by atoms with E-state index in [1.165, 1.54) is 11.0 Å². The molecule has 0 aliphatic carbocycles. The zero-order valence-corrected chi connectivity index (χ0v) is 17.9. The van der Waals surface area contributed by atoms with Gasteiger partial charge in [0.15, 0.2) is 0 Å². The van der Waals surface area contributed by atoms with Crippen LogP contribution in [0.2, 0.25) is 0 Å². The van der Waals surface area contributed by atoms with Gasteiger partial charge in [-0.2, -0.15) is 0 Å². The van der Waals surface area contributed by atoms with E-state index >= 15 is 0 Å². The molecule has 3 rings (SSSR count). The first-order valence-electron chi connectivity index (χ1n) is 10.8. The smallest absolute Gasteiger partial charge is 0.258 e. The van der Waals surface area contributed by atoms with Gasteiger partial charge in [0, 0.05) is 31.2 Å². The highest BCUT2D eigenvalue weighted by atomic mass is 16.2. The molecular formula is C23H32N4O3. The van der Waals surface area contributed by atoms with Crippen LogP contribution in [0.25, 0.3) is 10.8 Å². The van der Waals surface area contributed by atoms with Gasteiger partial charge < -0.3 is 20.1 Å². The van der Waals surface area contributed by atoms with Crippen LogP contribution in [0.1, 0.15) is 26.7 Å². The van der Waals surface area contributed by atoms with Crippen LogP contribution in [-0.4, -0.2) is 54.0 Å². The fourth-order valence-corrected chi connectivity index (χ4v) is 4.31. The van der Waals surface area contributed by atoms with Crippen LogP contribution in [0.15, 0.2) is 41.3 Å². The molecule has 1 aliphatic rings. The normalized spacial score (nSPS) is 19.5. The van der Waals surface area contributed by atoms with Crippen LogP contribution >= 0.6 is 0 Å². The highest BCUT2D eigenvalue weighted by Crippen LogP contribution is 2.20. The molecule has 0 saturated carbocycles. The molecule has 0 spiro atoms. The lowest BCUT2D eigenvalue weighted by molar-refractivity contribution is -0.126. The van der Waals surface area contributed by atoms with E-state index in [1.54, 1.807) is 24.4 Å². The zero-order chi connectivity index (χ0) is 21.5. The van der Waals surface area contributed by atoms with Gasteiger partial charge in [-0.25, -0.2) is 0 Å². The van der Waals surface area contributed by atoms with Crippen LogP contribution in [-0.2, 0) is 16.1 Å². The second-order valence-corrected chi connectivity index (χ2v) is 8.52. The second kappa shape index (κ2) is 10.4. The first kappa shape index (κ1) is 22.0. The van der Waals surface area contributed by atoms with Crippen molar-refractivity contribution >= 4 is 22.6 Å². The molecule has 7 heteroatoms. The summed E-state index contributed by atoms with van der Waals surface area (Å²) in [4.78, 5) is 39.0. The molecule has 0 radical (unpaired) electrons. The molecule has 30 heavy (non-hydrogen) atoms. The first-order chi connectivity index (χ1) is 14.4. The summed E-state index contributed by atoms with van der Waals surface area (Å²) in [6, 6.07) is 9.07. The molecule has 1 aromatic heterocycles. The number of nitrogens with one attached hydrogen (secondary N) is 2. The predicted octanol–water partition coefficient (Wildman–Crippen LogP) is 1.60. The average Bonchev–Trinajstić information content (AvgIpc) is 2.71. The molecule has 2 heterocycles. The fourth-order valence-electron chi connectivity index (χ4n) is 4.31.